The predicted octanol–water partition coefficient (Wildman–Crippen LogP) is 3.21. The van der Waals surface area contributed by atoms with Crippen LogP contribution in [0.15, 0.2) is 59.8 Å². The zero-order chi connectivity index (χ0) is 13.8. The standard InChI is InChI=1S/C15H14N4S/c16-19-15-9-17-13(8-18-15)10-20-14-6-5-11-3-1-2-4-12(11)7-14/h1-9H,10,16H2,(H,18,19). The molecule has 0 spiro atoms. The lowest BCUT2D eigenvalue weighted by molar-refractivity contribution is 1.08. The third-order valence-corrected chi connectivity index (χ3v) is 3.99. The van der Waals surface area contributed by atoms with Gasteiger partial charge in [0, 0.05) is 10.6 Å². The molecule has 0 saturated heterocycles. The first-order chi connectivity index (χ1) is 9.85. The van der Waals surface area contributed by atoms with Crippen LogP contribution in [-0.2, 0) is 5.75 Å². The minimum absolute atomic E-state index is 0.574. The maximum atomic E-state index is 5.26. The summed E-state index contributed by atoms with van der Waals surface area (Å²) in [4.78, 5) is 9.68. The average Bonchev–Trinajstić information content (AvgIpc) is 2.53. The molecule has 0 bridgehead atoms. The second-order valence-electron chi connectivity index (χ2n) is 4.33. The molecule has 0 radical (unpaired) electrons. The summed E-state index contributed by atoms with van der Waals surface area (Å²) < 4.78 is 0. The summed E-state index contributed by atoms with van der Waals surface area (Å²) >= 11 is 1.75. The van der Waals surface area contributed by atoms with E-state index in [0.29, 0.717) is 5.82 Å². The van der Waals surface area contributed by atoms with Gasteiger partial charge in [-0.2, -0.15) is 0 Å². The molecular weight excluding hydrogens is 268 g/mol. The molecule has 1 heterocycles. The minimum atomic E-state index is 0.574. The third kappa shape index (κ3) is 2.89. The third-order valence-electron chi connectivity index (χ3n) is 2.96. The fraction of sp³-hybridized carbons (Fsp3) is 0.0667. The van der Waals surface area contributed by atoms with E-state index in [2.05, 4.69) is 57.9 Å². The monoisotopic (exact) mass is 282 g/mol. The lowest BCUT2D eigenvalue weighted by Gasteiger charge is -2.04. The highest BCUT2D eigenvalue weighted by Gasteiger charge is 2.00. The first kappa shape index (κ1) is 12.9. The van der Waals surface area contributed by atoms with Gasteiger partial charge in [0.2, 0.25) is 0 Å². The smallest absolute Gasteiger partial charge is 0.158 e. The highest BCUT2D eigenvalue weighted by atomic mass is 32.2. The summed E-state index contributed by atoms with van der Waals surface area (Å²) in [6, 6.07) is 14.8. The van der Waals surface area contributed by atoms with E-state index in [1.807, 2.05) is 0 Å². The maximum absolute atomic E-state index is 5.26. The van der Waals surface area contributed by atoms with Crippen molar-refractivity contribution >= 4 is 28.4 Å². The Labute approximate surface area is 121 Å². The summed E-state index contributed by atoms with van der Waals surface area (Å²) in [5.74, 6) is 6.62. The molecule has 0 atom stereocenters. The molecule has 2 aromatic carbocycles. The van der Waals surface area contributed by atoms with E-state index in [1.54, 1.807) is 24.2 Å². The number of nitrogens with two attached hydrogens (primary N) is 1. The summed E-state index contributed by atoms with van der Waals surface area (Å²) in [7, 11) is 0. The van der Waals surface area contributed by atoms with E-state index in [4.69, 9.17) is 5.84 Å². The first-order valence-electron chi connectivity index (χ1n) is 6.24. The molecule has 0 aliphatic carbocycles. The van der Waals surface area contributed by atoms with E-state index in [9.17, 15) is 0 Å². The van der Waals surface area contributed by atoms with Crippen LogP contribution in [0.1, 0.15) is 5.69 Å². The Morgan fingerprint density at radius 3 is 2.60 bits per heavy atom. The number of nitrogens with zero attached hydrogens (tertiary/aromatic N) is 2. The zero-order valence-electron chi connectivity index (χ0n) is 10.8. The number of anilines is 1. The Kier molecular flexibility index (Phi) is 3.80. The topological polar surface area (TPSA) is 63.8 Å². The van der Waals surface area contributed by atoms with Crippen molar-refractivity contribution < 1.29 is 0 Å². The van der Waals surface area contributed by atoms with Crippen molar-refractivity contribution in [2.75, 3.05) is 5.43 Å². The molecule has 0 amide bonds. The van der Waals surface area contributed by atoms with Gasteiger partial charge in [0.05, 0.1) is 18.1 Å². The second-order valence-corrected chi connectivity index (χ2v) is 5.38. The Morgan fingerprint density at radius 2 is 1.85 bits per heavy atom. The van der Waals surface area contributed by atoms with Crippen LogP contribution in [-0.4, -0.2) is 9.97 Å². The van der Waals surface area contributed by atoms with Crippen LogP contribution < -0.4 is 11.3 Å². The van der Waals surface area contributed by atoms with Crippen LogP contribution in [0.4, 0.5) is 5.82 Å². The molecule has 1 aromatic heterocycles. The molecule has 0 fully saturated rings. The molecule has 3 N–H and O–H groups in total. The molecule has 0 aliphatic heterocycles. The van der Waals surface area contributed by atoms with Crippen molar-refractivity contribution in [2.24, 2.45) is 5.84 Å². The normalized spacial score (nSPS) is 10.7. The van der Waals surface area contributed by atoms with Crippen LogP contribution in [0.25, 0.3) is 10.8 Å². The van der Waals surface area contributed by atoms with E-state index in [1.165, 1.54) is 15.7 Å². The molecule has 100 valence electrons. The highest BCUT2D eigenvalue weighted by Crippen LogP contribution is 2.25. The van der Waals surface area contributed by atoms with Gasteiger partial charge in [-0.15, -0.1) is 11.8 Å². The van der Waals surface area contributed by atoms with Crippen LogP contribution >= 0.6 is 11.8 Å². The molecule has 3 aromatic rings. The Morgan fingerprint density at radius 1 is 1.00 bits per heavy atom. The van der Waals surface area contributed by atoms with Gasteiger partial charge in [0.1, 0.15) is 0 Å². The molecule has 0 aliphatic rings. The van der Waals surface area contributed by atoms with Gasteiger partial charge in [0.15, 0.2) is 5.82 Å². The Balaban J connectivity index is 1.72. The highest BCUT2D eigenvalue weighted by molar-refractivity contribution is 7.98. The lowest BCUT2D eigenvalue weighted by atomic mass is 10.1. The number of thioether (sulfide) groups is 1. The van der Waals surface area contributed by atoms with Crippen LogP contribution in [0.3, 0.4) is 0 Å². The van der Waals surface area contributed by atoms with Crippen molar-refractivity contribution in [3.63, 3.8) is 0 Å². The van der Waals surface area contributed by atoms with E-state index < -0.39 is 0 Å². The number of aromatic nitrogens is 2. The fourth-order valence-electron chi connectivity index (χ4n) is 1.92. The van der Waals surface area contributed by atoms with E-state index in [0.717, 1.165) is 11.4 Å². The maximum Gasteiger partial charge on any atom is 0.158 e. The van der Waals surface area contributed by atoms with Crippen molar-refractivity contribution in [1.82, 2.24) is 9.97 Å². The molecule has 20 heavy (non-hydrogen) atoms. The molecule has 5 heteroatoms. The Bertz CT molecular complexity index is 712. The number of hydrazine groups is 1. The SMILES string of the molecule is NNc1cnc(CSc2ccc3ccccc3c2)cn1. The number of nitrogens with one attached hydrogen (secondary N) is 1. The quantitative estimate of drug-likeness (QED) is 0.437. The van der Waals surface area contributed by atoms with E-state index in [-0.39, 0.29) is 0 Å². The first-order valence-corrected chi connectivity index (χ1v) is 7.23. The number of rotatable bonds is 4. The summed E-state index contributed by atoms with van der Waals surface area (Å²) in [5, 5.41) is 2.52. The van der Waals surface area contributed by atoms with Crippen molar-refractivity contribution in [3.05, 3.63) is 60.6 Å². The van der Waals surface area contributed by atoms with Gasteiger partial charge in [-0.25, -0.2) is 10.8 Å². The molecule has 0 unspecified atom stereocenters. The van der Waals surface area contributed by atoms with Crippen molar-refractivity contribution in [1.29, 1.82) is 0 Å². The van der Waals surface area contributed by atoms with Crippen molar-refractivity contribution in [2.45, 2.75) is 10.6 Å². The minimum Gasteiger partial charge on any atom is -0.307 e. The van der Waals surface area contributed by atoms with Crippen molar-refractivity contribution in [3.8, 4) is 0 Å². The van der Waals surface area contributed by atoms with Crippen LogP contribution in [0.2, 0.25) is 0 Å². The van der Waals surface area contributed by atoms with Crippen LogP contribution in [0, 0.1) is 0 Å². The zero-order valence-corrected chi connectivity index (χ0v) is 11.6. The molecule has 4 nitrogen and oxygen atoms in total. The van der Waals surface area contributed by atoms with Gasteiger partial charge in [0.25, 0.3) is 0 Å². The summed E-state index contributed by atoms with van der Waals surface area (Å²) in [5.41, 5.74) is 3.40. The van der Waals surface area contributed by atoms with E-state index >= 15 is 0 Å². The summed E-state index contributed by atoms with van der Waals surface area (Å²) in [6.45, 7) is 0. The van der Waals surface area contributed by atoms with Crippen LogP contribution in [0.5, 0.6) is 0 Å². The summed E-state index contributed by atoms with van der Waals surface area (Å²) in [6.07, 6.45) is 3.37. The van der Waals surface area contributed by atoms with Gasteiger partial charge in [-0.3, -0.25) is 4.98 Å². The number of benzene rings is 2. The molecule has 0 saturated carbocycles. The number of nitrogen functional groups attached to an aromatic ring is 1. The molecular formula is C15H14N4S. The van der Waals surface area contributed by atoms with Gasteiger partial charge < -0.3 is 5.43 Å². The second kappa shape index (κ2) is 5.90. The fourth-order valence-corrected chi connectivity index (χ4v) is 2.76. The van der Waals surface area contributed by atoms with Gasteiger partial charge >= 0.3 is 0 Å². The Hall–Kier alpha value is -2.11. The average molecular weight is 282 g/mol. The largest absolute Gasteiger partial charge is 0.307 e. The van der Waals surface area contributed by atoms with Gasteiger partial charge in [-0.05, 0) is 22.9 Å². The van der Waals surface area contributed by atoms with Gasteiger partial charge in [-0.1, -0.05) is 30.3 Å². The number of hydrogen-bond donors (Lipinski definition) is 2. The lowest BCUT2D eigenvalue weighted by Crippen LogP contribution is -2.08. The predicted molar refractivity (Wildman–Crippen MR) is 83.4 cm³/mol. The number of fused-ring (bicyclic) bond motifs is 1. The number of hydrogen-bond acceptors (Lipinski definition) is 5. The molecule has 3 rings (SSSR count).